The fraction of sp³-hybridized carbons (Fsp3) is 0.375. The van der Waals surface area contributed by atoms with E-state index in [1.807, 2.05) is 37.4 Å². The van der Waals surface area contributed by atoms with Gasteiger partial charge >= 0.3 is 0 Å². The zero-order valence-corrected chi connectivity index (χ0v) is 12.0. The van der Waals surface area contributed by atoms with Crippen LogP contribution in [-0.4, -0.2) is 13.7 Å². The summed E-state index contributed by atoms with van der Waals surface area (Å²) >= 11 is 0. The molecule has 108 valence electrons. The molecular weight excluding hydrogens is 254 g/mol. The van der Waals surface area contributed by atoms with Crippen LogP contribution in [0.4, 0.5) is 0 Å². The largest absolute Gasteiger partial charge is 0.494 e. The molecule has 0 aliphatic carbocycles. The van der Waals surface area contributed by atoms with Crippen LogP contribution in [0, 0.1) is 0 Å². The van der Waals surface area contributed by atoms with Gasteiger partial charge in [0.25, 0.3) is 0 Å². The predicted molar refractivity (Wildman–Crippen MR) is 78.0 cm³/mol. The zero-order chi connectivity index (χ0) is 14.2. The highest BCUT2D eigenvalue weighted by molar-refractivity contribution is 5.31. The lowest BCUT2D eigenvalue weighted by Gasteiger charge is -2.08. The highest BCUT2D eigenvalue weighted by Crippen LogP contribution is 2.20. The maximum Gasteiger partial charge on any atom is 0.124 e. The Labute approximate surface area is 119 Å². The molecule has 20 heavy (non-hydrogen) atoms. The van der Waals surface area contributed by atoms with Crippen molar-refractivity contribution in [3.63, 3.8) is 0 Å². The maximum atomic E-state index is 5.75. The molecule has 0 amide bonds. The maximum absolute atomic E-state index is 5.75. The third-order valence-electron chi connectivity index (χ3n) is 2.87. The summed E-state index contributed by atoms with van der Waals surface area (Å²) in [4.78, 5) is 0. The standard InChI is InChI=1S/C16H21NO3/c1-3-9-18-14-4-6-15(7-5-14)20-12-13-8-10-19-16(13)11-17-2/h4-8,10,17H,3,9,11-12H2,1-2H3. The average molecular weight is 275 g/mol. The summed E-state index contributed by atoms with van der Waals surface area (Å²) in [5.74, 6) is 2.61. The van der Waals surface area contributed by atoms with Crippen LogP contribution in [0.5, 0.6) is 11.5 Å². The topological polar surface area (TPSA) is 43.6 Å². The molecule has 4 nitrogen and oxygen atoms in total. The Bertz CT molecular complexity index is 505. The number of hydrogen-bond donors (Lipinski definition) is 1. The van der Waals surface area contributed by atoms with Gasteiger partial charge < -0.3 is 19.2 Å². The van der Waals surface area contributed by atoms with Crippen molar-refractivity contribution in [2.45, 2.75) is 26.5 Å². The SMILES string of the molecule is CCCOc1ccc(OCc2ccoc2CNC)cc1. The summed E-state index contributed by atoms with van der Waals surface area (Å²) < 4.78 is 16.7. The Kier molecular flexibility index (Phi) is 5.50. The van der Waals surface area contributed by atoms with Crippen molar-refractivity contribution in [2.24, 2.45) is 0 Å². The van der Waals surface area contributed by atoms with Crippen molar-refractivity contribution in [3.05, 3.63) is 47.9 Å². The number of benzene rings is 1. The molecule has 0 saturated carbocycles. The van der Waals surface area contributed by atoms with Gasteiger partial charge in [-0.05, 0) is 43.8 Å². The van der Waals surface area contributed by atoms with E-state index in [-0.39, 0.29) is 0 Å². The van der Waals surface area contributed by atoms with Crippen molar-refractivity contribution < 1.29 is 13.9 Å². The van der Waals surface area contributed by atoms with Crippen LogP contribution in [0.2, 0.25) is 0 Å². The van der Waals surface area contributed by atoms with E-state index in [1.165, 1.54) is 0 Å². The predicted octanol–water partition coefficient (Wildman–Crippen LogP) is 3.37. The van der Waals surface area contributed by atoms with E-state index < -0.39 is 0 Å². The molecule has 1 aromatic heterocycles. The molecule has 0 fully saturated rings. The molecule has 2 aromatic rings. The summed E-state index contributed by atoms with van der Waals surface area (Å²) in [5.41, 5.74) is 1.06. The molecule has 1 heterocycles. The summed E-state index contributed by atoms with van der Waals surface area (Å²) in [7, 11) is 1.89. The van der Waals surface area contributed by atoms with E-state index in [0.717, 1.165) is 35.9 Å². The first-order valence-electron chi connectivity index (χ1n) is 6.89. The molecule has 0 unspecified atom stereocenters. The molecule has 0 spiro atoms. The first-order chi connectivity index (χ1) is 9.83. The molecule has 0 radical (unpaired) electrons. The lowest BCUT2D eigenvalue weighted by molar-refractivity contribution is 0.298. The highest BCUT2D eigenvalue weighted by Gasteiger charge is 2.06. The van der Waals surface area contributed by atoms with Crippen molar-refractivity contribution >= 4 is 0 Å². The Balaban J connectivity index is 1.88. The van der Waals surface area contributed by atoms with E-state index in [1.54, 1.807) is 6.26 Å². The van der Waals surface area contributed by atoms with E-state index >= 15 is 0 Å². The second-order valence-electron chi connectivity index (χ2n) is 4.51. The van der Waals surface area contributed by atoms with Crippen LogP contribution in [0.15, 0.2) is 41.0 Å². The highest BCUT2D eigenvalue weighted by atomic mass is 16.5. The smallest absolute Gasteiger partial charge is 0.124 e. The minimum Gasteiger partial charge on any atom is -0.494 e. The van der Waals surface area contributed by atoms with E-state index in [9.17, 15) is 0 Å². The van der Waals surface area contributed by atoms with Gasteiger partial charge in [0.2, 0.25) is 0 Å². The first-order valence-corrected chi connectivity index (χ1v) is 6.89. The lowest BCUT2D eigenvalue weighted by Crippen LogP contribution is -2.07. The van der Waals surface area contributed by atoms with Crippen LogP contribution in [0.3, 0.4) is 0 Å². The van der Waals surface area contributed by atoms with Crippen molar-refractivity contribution in [2.75, 3.05) is 13.7 Å². The first kappa shape index (κ1) is 14.5. The third kappa shape index (κ3) is 4.03. The van der Waals surface area contributed by atoms with Gasteiger partial charge in [-0.25, -0.2) is 0 Å². The normalized spacial score (nSPS) is 10.5. The minimum atomic E-state index is 0.503. The van der Waals surface area contributed by atoms with Crippen LogP contribution in [0.25, 0.3) is 0 Å². The van der Waals surface area contributed by atoms with Gasteiger partial charge in [-0.3, -0.25) is 0 Å². The number of hydrogen-bond acceptors (Lipinski definition) is 4. The van der Waals surface area contributed by atoms with E-state index in [0.29, 0.717) is 13.2 Å². The second kappa shape index (κ2) is 7.60. The Morgan fingerprint density at radius 2 is 1.75 bits per heavy atom. The summed E-state index contributed by atoms with van der Waals surface area (Å²) in [6, 6.07) is 9.63. The van der Waals surface area contributed by atoms with Crippen LogP contribution in [-0.2, 0) is 13.2 Å². The number of nitrogens with one attached hydrogen (secondary N) is 1. The molecular formula is C16H21NO3. The van der Waals surface area contributed by atoms with Gasteiger partial charge in [-0.1, -0.05) is 6.92 Å². The molecule has 0 bridgehead atoms. The van der Waals surface area contributed by atoms with Gasteiger partial charge in [0.15, 0.2) is 0 Å². The van der Waals surface area contributed by atoms with Crippen molar-refractivity contribution in [1.82, 2.24) is 5.32 Å². The lowest BCUT2D eigenvalue weighted by atomic mass is 10.2. The molecule has 4 heteroatoms. The molecule has 0 saturated heterocycles. The molecule has 2 rings (SSSR count). The molecule has 0 aliphatic heterocycles. The quantitative estimate of drug-likeness (QED) is 0.802. The fourth-order valence-corrected chi connectivity index (χ4v) is 1.82. The number of rotatable bonds is 8. The Morgan fingerprint density at radius 1 is 1.05 bits per heavy atom. The fourth-order valence-electron chi connectivity index (χ4n) is 1.82. The van der Waals surface area contributed by atoms with Crippen molar-refractivity contribution in [1.29, 1.82) is 0 Å². The van der Waals surface area contributed by atoms with Crippen LogP contribution < -0.4 is 14.8 Å². The minimum absolute atomic E-state index is 0.503. The average Bonchev–Trinajstić information content (AvgIpc) is 2.92. The molecule has 0 atom stereocenters. The molecule has 1 N–H and O–H groups in total. The summed E-state index contributed by atoms with van der Waals surface area (Å²) in [6.07, 6.45) is 2.69. The molecule has 1 aromatic carbocycles. The summed E-state index contributed by atoms with van der Waals surface area (Å²) in [6.45, 7) is 4.03. The van der Waals surface area contributed by atoms with E-state index in [4.69, 9.17) is 13.9 Å². The number of ether oxygens (including phenoxy) is 2. The summed E-state index contributed by atoms with van der Waals surface area (Å²) in [5, 5.41) is 3.07. The Hall–Kier alpha value is -1.94. The monoisotopic (exact) mass is 275 g/mol. The van der Waals surface area contributed by atoms with Gasteiger partial charge in [-0.15, -0.1) is 0 Å². The van der Waals surface area contributed by atoms with Crippen LogP contribution >= 0.6 is 0 Å². The van der Waals surface area contributed by atoms with Gasteiger partial charge in [0.05, 0.1) is 19.4 Å². The Morgan fingerprint density at radius 3 is 2.40 bits per heavy atom. The van der Waals surface area contributed by atoms with Crippen LogP contribution in [0.1, 0.15) is 24.7 Å². The second-order valence-corrected chi connectivity index (χ2v) is 4.51. The van der Waals surface area contributed by atoms with E-state index in [2.05, 4.69) is 12.2 Å². The van der Waals surface area contributed by atoms with Gasteiger partial charge in [0.1, 0.15) is 23.9 Å². The van der Waals surface area contributed by atoms with Gasteiger partial charge in [0, 0.05) is 5.56 Å². The number of furan rings is 1. The van der Waals surface area contributed by atoms with Crippen molar-refractivity contribution in [3.8, 4) is 11.5 Å². The third-order valence-corrected chi connectivity index (χ3v) is 2.87. The zero-order valence-electron chi connectivity index (χ0n) is 12.0. The molecule has 0 aliphatic rings. The van der Waals surface area contributed by atoms with Gasteiger partial charge in [-0.2, -0.15) is 0 Å².